The van der Waals surface area contributed by atoms with Crippen molar-refractivity contribution in [3.63, 3.8) is 0 Å². The van der Waals surface area contributed by atoms with E-state index >= 15 is 0 Å². The van der Waals surface area contributed by atoms with Crippen molar-refractivity contribution in [2.24, 2.45) is 0 Å². The highest BCUT2D eigenvalue weighted by molar-refractivity contribution is 7.98. The molecule has 1 aromatic carbocycles. The number of benzene rings is 1. The SMILES string of the molecule is CCCOc1cc(-c2cncc([C@@H]3COB(O)C3)c2)ccc1SC. The minimum atomic E-state index is -0.659. The number of pyridine rings is 1. The lowest BCUT2D eigenvalue weighted by atomic mass is 9.80. The zero-order valence-electron chi connectivity index (χ0n) is 14.1. The van der Waals surface area contributed by atoms with Crippen molar-refractivity contribution >= 4 is 18.9 Å². The normalized spacial score (nSPS) is 17.3. The molecule has 0 radical (unpaired) electrons. The van der Waals surface area contributed by atoms with Crippen LogP contribution in [0.15, 0.2) is 41.6 Å². The highest BCUT2D eigenvalue weighted by atomic mass is 32.2. The van der Waals surface area contributed by atoms with Gasteiger partial charge in [0.1, 0.15) is 5.75 Å². The largest absolute Gasteiger partial charge is 0.492 e. The molecule has 1 aromatic heterocycles. The summed E-state index contributed by atoms with van der Waals surface area (Å²) in [5.74, 6) is 1.13. The quantitative estimate of drug-likeness (QED) is 0.638. The van der Waals surface area contributed by atoms with Gasteiger partial charge in [-0.1, -0.05) is 13.0 Å². The first-order chi connectivity index (χ1) is 11.7. The first kappa shape index (κ1) is 17.3. The summed E-state index contributed by atoms with van der Waals surface area (Å²) in [6.45, 7) is 3.36. The predicted octanol–water partition coefficient (Wildman–Crippen LogP) is 3.85. The second-order valence-electron chi connectivity index (χ2n) is 5.94. The topological polar surface area (TPSA) is 51.6 Å². The van der Waals surface area contributed by atoms with Crippen molar-refractivity contribution in [3.05, 3.63) is 42.2 Å². The van der Waals surface area contributed by atoms with Crippen LogP contribution in [0.4, 0.5) is 0 Å². The molecule has 4 nitrogen and oxygen atoms in total. The van der Waals surface area contributed by atoms with Crippen LogP contribution in [-0.2, 0) is 4.65 Å². The highest BCUT2D eigenvalue weighted by Gasteiger charge is 2.30. The van der Waals surface area contributed by atoms with Crippen LogP contribution in [0, 0.1) is 0 Å². The molecule has 3 rings (SSSR count). The summed E-state index contributed by atoms with van der Waals surface area (Å²) >= 11 is 1.69. The molecule has 0 saturated carbocycles. The third-order valence-electron chi connectivity index (χ3n) is 4.17. The third-order valence-corrected chi connectivity index (χ3v) is 4.94. The molecule has 6 heteroatoms. The minimum absolute atomic E-state index is 0.203. The molecule has 0 amide bonds. The summed E-state index contributed by atoms with van der Waals surface area (Å²) < 4.78 is 11.2. The maximum Gasteiger partial charge on any atom is 0.454 e. The molecule has 1 N–H and O–H groups in total. The summed E-state index contributed by atoms with van der Waals surface area (Å²) in [6, 6.07) is 8.42. The Bertz CT molecular complexity index is 698. The van der Waals surface area contributed by atoms with Gasteiger partial charge in [-0.15, -0.1) is 11.8 Å². The summed E-state index contributed by atoms with van der Waals surface area (Å²) in [6.07, 6.45) is 7.40. The summed E-state index contributed by atoms with van der Waals surface area (Å²) in [5, 5.41) is 9.56. The summed E-state index contributed by atoms with van der Waals surface area (Å²) in [5.41, 5.74) is 3.25. The van der Waals surface area contributed by atoms with Crippen molar-refractivity contribution in [1.82, 2.24) is 4.98 Å². The molecule has 1 saturated heterocycles. The van der Waals surface area contributed by atoms with E-state index in [-0.39, 0.29) is 5.92 Å². The van der Waals surface area contributed by atoms with Gasteiger partial charge in [-0.2, -0.15) is 0 Å². The van der Waals surface area contributed by atoms with Crippen LogP contribution in [0.1, 0.15) is 24.8 Å². The molecule has 1 aliphatic heterocycles. The molecule has 2 aromatic rings. The van der Waals surface area contributed by atoms with Crippen molar-refractivity contribution in [2.75, 3.05) is 19.5 Å². The molecule has 24 heavy (non-hydrogen) atoms. The van der Waals surface area contributed by atoms with Gasteiger partial charge in [0, 0.05) is 35.4 Å². The molecule has 1 fully saturated rings. The lowest BCUT2D eigenvalue weighted by molar-refractivity contribution is 0.292. The van der Waals surface area contributed by atoms with Gasteiger partial charge < -0.3 is 14.4 Å². The van der Waals surface area contributed by atoms with E-state index in [4.69, 9.17) is 9.39 Å². The Labute approximate surface area is 147 Å². The van der Waals surface area contributed by atoms with E-state index in [9.17, 15) is 5.02 Å². The number of nitrogens with zero attached hydrogens (tertiary/aromatic N) is 1. The fourth-order valence-electron chi connectivity index (χ4n) is 2.86. The third kappa shape index (κ3) is 3.94. The van der Waals surface area contributed by atoms with Crippen molar-refractivity contribution in [2.45, 2.75) is 30.5 Å². The minimum Gasteiger partial charge on any atom is -0.492 e. The average Bonchev–Trinajstić information content (AvgIpc) is 3.06. The van der Waals surface area contributed by atoms with E-state index in [1.807, 2.05) is 12.4 Å². The van der Waals surface area contributed by atoms with Crippen molar-refractivity contribution < 1.29 is 14.4 Å². The van der Waals surface area contributed by atoms with Gasteiger partial charge in [-0.3, -0.25) is 4.98 Å². The van der Waals surface area contributed by atoms with Crippen LogP contribution < -0.4 is 4.74 Å². The van der Waals surface area contributed by atoms with E-state index < -0.39 is 7.12 Å². The Balaban J connectivity index is 1.88. The average molecular weight is 343 g/mol. The summed E-state index contributed by atoms with van der Waals surface area (Å²) in [4.78, 5) is 5.52. The molecule has 0 spiro atoms. The van der Waals surface area contributed by atoms with Gasteiger partial charge in [-0.05, 0) is 48.3 Å². The Kier molecular flexibility index (Phi) is 5.82. The molecule has 0 unspecified atom stereocenters. The monoisotopic (exact) mass is 343 g/mol. The molecule has 126 valence electrons. The van der Waals surface area contributed by atoms with E-state index in [0.29, 0.717) is 19.5 Å². The Hall–Kier alpha value is -1.50. The zero-order valence-corrected chi connectivity index (χ0v) is 14.9. The van der Waals surface area contributed by atoms with E-state index in [2.05, 4.69) is 42.4 Å². The molecular formula is C18H22BNO3S. The van der Waals surface area contributed by atoms with Crippen LogP contribution in [0.25, 0.3) is 11.1 Å². The lowest BCUT2D eigenvalue weighted by Crippen LogP contribution is -2.07. The molecular weight excluding hydrogens is 321 g/mol. The second-order valence-corrected chi connectivity index (χ2v) is 6.79. The van der Waals surface area contributed by atoms with Crippen LogP contribution >= 0.6 is 11.8 Å². The number of hydrogen-bond donors (Lipinski definition) is 1. The molecule has 1 aliphatic rings. The highest BCUT2D eigenvalue weighted by Crippen LogP contribution is 2.34. The van der Waals surface area contributed by atoms with Crippen LogP contribution in [0.2, 0.25) is 6.32 Å². The number of hydrogen-bond acceptors (Lipinski definition) is 5. The number of ether oxygens (including phenoxy) is 1. The zero-order chi connectivity index (χ0) is 16.9. The molecule has 1 atom stereocenters. The molecule has 0 bridgehead atoms. The maximum atomic E-state index is 9.56. The summed E-state index contributed by atoms with van der Waals surface area (Å²) in [7, 11) is -0.659. The Morgan fingerprint density at radius 1 is 1.33 bits per heavy atom. The predicted molar refractivity (Wildman–Crippen MR) is 98.7 cm³/mol. The Morgan fingerprint density at radius 3 is 2.92 bits per heavy atom. The standard InChI is InChI=1S/C18H22BNO3S/c1-3-6-22-17-8-13(4-5-18(17)24-2)14-7-15(11-20-10-14)16-9-19(21)23-12-16/h4-5,7-8,10-11,16,21H,3,6,9,12H2,1-2H3/t16-/m0/s1. The van der Waals surface area contributed by atoms with Gasteiger partial charge in [0.25, 0.3) is 0 Å². The first-order valence-corrected chi connectivity index (χ1v) is 9.49. The van der Waals surface area contributed by atoms with Crippen LogP contribution in [0.5, 0.6) is 5.75 Å². The number of thioether (sulfide) groups is 1. The molecule has 2 heterocycles. The number of rotatable bonds is 6. The second kappa shape index (κ2) is 8.05. The maximum absolute atomic E-state index is 9.56. The van der Waals surface area contributed by atoms with Gasteiger partial charge in [0.05, 0.1) is 6.61 Å². The van der Waals surface area contributed by atoms with E-state index in [0.717, 1.165) is 33.8 Å². The van der Waals surface area contributed by atoms with E-state index in [1.165, 1.54) is 0 Å². The van der Waals surface area contributed by atoms with Gasteiger partial charge in [0.2, 0.25) is 0 Å². The van der Waals surface area contributed by atoms with Crippen molar-refractivity contribution in [3.8, 4) is 16.9 Å². The van der Waals surface area contributed by atoms with Gasteiger partial charge in [-0.25, -0.2) is 0 Å². The van der Waals surface area contributed by atoms with Gasteiger partial charge >= 0.3 is 7.12 Å². The van der Waals surface area contributed by atoms with Crippen LogP contribution in [-0.4, -0.2) is 36.6 Å². The van der Waals surface area contributed by atoms with E-state index in [1.54, 1.807) is 11.8 Å². The van der Waals surface area contributed by atoms with Gasteiger partial charge in [0.15, 0.2) is 0 Å². The number of aromatic nitrogens is 1. The fourth-order valence-corrected chi connectivity index (χ4v) is 3.38. The lowest BCUT2D eigenvalue weighted by Gasteiger charge is -2.13. The Morgan fingerprint density at radius 2 is 2.21 bits per heavy atom. The fraction of sp³-hybridized carbons (Fsp3) is 0.389. The van der Waals surface area contributed by atoms with Crippen LogP contribution in [0.3, 0.4) is 0 Å². The smallest absolute Gasteiger partial charge is 0.454 e. The first-order valence-electron chi connectivity index (χ1n) is 8.27. The van der Waals surface area contributed by atoms with Crippen molar-refractivity contribution in [1.29, 1.82) is 0 Å². The molecule has 0 aliphatic carbocycles.